The third kappa shape index (κ3) is 7.69. The van der Waals surface area contributed by atoms with Gasteiger partial charge in [0.05, 0.1) is 6.04 Å². The van der Waals surface area contributed by atoms with E-state index in [1.54, 1.807) is 0 Å². The smallest absolute Gasteiger partial charge is 0.168 e. The molecule has 3 atom stereocenters. The molecule has 4 nitrogen and oxygen atoms in total. The summed E-state index contributed by atoms with van der Waals surface area (Å²) in [6, 6.07) is 9.51. The topological polar surface area (TPSA) is 58.2 Å². The van der Waals surface area contributed by atoms with Crippen LogP contribution >= 0.6 is 0 Å². The molecule has 0 fully saturated rings. The van der Waals surface area contributed by atoms with Gasteiger partial charge in [0.25, 0.3) is 0 Å². The summed E-state index contributed by atoms with van der Waals surface area (Å²) in [6.45, 7) is 9.94. The van der Waals surface area contributed by atoms with Crippen LogP contribution in [0.1, 0.15) is 71.9 Å². The lowest BCUT2D eigenvalue weighted by atomic mass is 9.89. The van der Waals surface area contributed by atoms with Crippen molar-refractivity contribution in [3.05, 3.63) is 35.9 Å². The number of carbonyl (C=O) groups excluding carboxylic acids is 1. The van der Waals surface area contributed by atoms with Crippen LogP contribution in [-0.2, 0) is 16.0 Å². The van der Waals surface area contributed by atoms with Gasteiger partial charge in [-0.15, -0.1) is 0 Å². The number of rotatable bonds is 10. The van der Waals surface area contributed by atoms with Crippen LogP contribution in [0.5, 0.6) is 0 Å². The molecule has 0 aliphatic carbocycles. The Morgan fingerprint density at radius 1 is 1.17 bits per heavy atom. The van der Waals surface area contributed by atoms with Gasteiger partial charge in [0.1, 0.15) is 5.78 Å². The molecule has 5 heteroatoms. The molecule has 2 N–H and O–H groups in total. The van der Waals surface area contributed by atoms with Crippen LogP contribution in [0.15, 0.2) is 30.3 Å². The Balaban J connectivity index is 2.86. The minimum absolute atomic E-state index is 0.220. The van der Waals surface area contributed by atoms with Crippen molar-refractivity contribution in [2.75, 3.05) is 0 Å². The maximum Gasteiger partial charge on any atom is 0.168 e. The highest BCUT2D eigenvalue weighted by atomic mass is 32.2. The molecule has 1 aromatic rings. The standard InChI is InChI=1S/C19H32N2O2S/c1-6-7-9-14-17(22)15(2)18(16-12-10-8-11-13-16)20-24(23)21-19(3,4)5/h8,10-13,15,18,20-21H,6-7,9,14H2,1-5H3/t15-,18+,24?/m1/s1. The highest BCUT2D eigenvalue weighted by Gasteiger charge is 2.27. The molecule has 1 unspecified atom stereocenters. The summed E-state index contributed by atoms with van der Waals surface area (Å²) in [5.41, 5.74) is 0.714. The molecule has 1 aromatic carbocycles. The van der Waals surface area contributed by atoms with E-state index in [-0.39, 0.29) is 23.3 Å². The highest BCUT2D eigenvalue weighted by Crippen LogP contribution is 2.25. The summed E-state index contributed by atoms with van der Waals surface area (Å²) < 4.78 is 18.5. The second-order valence-corrected chi connectivity index (χ2v) is 8.32. The number of unbranched alkanes of at least 4 members (excludes halogenated alkanes) is 2. The van der Waals surface area contributed by atoms with Crippen molar-refractivity contribution in [1.29, 1.82) is 0 Å². The fraction of sp³-hybridized carbons (Fsp3) is 0.632. The number of carbonyl (C=O) groups is 1. The van der Waals surface area contributed by atoms with Crippen LogP contribution in [0.2, 0.25) is 0 Å². The Morgan fingerprint density at radius 2 is 1.79 bits per heavy atom. The van der Waals surface area contributed by atoms with Gasteiger partial charge < -0.3 is 0 Å². The van der Waals surface area contributed by atoms with Gasteiger partial charge in [-0.1, -0.05) is 57.0 Å². The molecule has 0 aliphatic rings. The average Bonchev–Trinajstić information content (AvgIpc) is 2.51. The molecule has 0 aromatic heterocycles. The normalized spacial score (nSPS) is 15.7. The van der Waals surface area contributed by atoms with Crippen molar-refractivity contribution in [1.82, 2.24) is 9.44 Å². The van der Waals surface area contributed by atoms with E-state index in [2.05, 4.69) is 16.4 Å². The Kier molecular flexibility index (Phi) is 8.81. The van der Waals surface area contributed by atoms with E-state index in [9.17, 15) is 9.00 Å². The number of nitrogens with one attached hydrogen (secondary N) is 2. The lowest BCUT2D eigenvalue weighted by molar-refractivity contribution is -0.123. The van der Waals surface area contributed by atoms with E-state index in [1.165, 1.54) is 0 Å². The van der Waals surface area contributed by atoms with Crippen LogP contribution in [0.3, 0.4) is 0 Å². The number of hydrogen-bond acceptors (Lipinski definition) is 2. The first-order valence-electron chi connectivity index (χ1n) is 8.78. The van der Waals surface area contributed by atoms with E-state index < -0.39 is 11.2 Å². The van der Waals surface area contributed by atoms with Gasteiger partial charge >= 0.3 is 0 Å². The van der Waals surface area contributed by atoms with Gasteiger partial charge in [0.15, 0.2) is 11.2 Å². The van der Waals surface area contributed by atoms with Gasteiger partial charge in [-0.3, -0.25) is 4.79 Å². The quantitative estimate of drug-likeness (QED) is 0.624. The van der Waals surface area contributed by atoms with Gasteiger partial charge in [-0.25, -0.2) is 13.7 Å². The largest absolute Gasteiger partial charge is 0.299 e. The van der Waals surface area contributed by atoms with E-state index in [0.717, 1.165) is 24.8 Å². The van der Waals surface area contributed by atoms with Crippen molar-refractivity contribution in [3.8, 4) is 0 Å². The van der Waals surface area contributed by atoms with Gasteiger partial charge in [-0.05, 0) is 32.8 Å². The van der Waals surface area contributed by atoms with Gasteiger partial charge in [0, 0.05) is 17.9 Å². The SMILES string of the molecule is CCCCCC(=O)[C@@H](C)[C@H](NS(=O)NC(C)(C)C)c1ccccc1. The number of Topliss-reactive ketones (excluding diaryl/α,β-unsaturated/α-hetero) is 1. The lowest BCUT2D eigenvalue weighted by Crippen LogP contribution is -2.45. The molecule has 24 heavy (non-hydrogen) atoms. The van der Waals surface area contributed by atoms with Crippen molar-refractivity contribution >= 4 is 17.0 Å². The predicted molar refractivity (Wildman–Crippen MR) is 102 cm³/mol. The number of benzene rings is 1. The third-order valence-electron chi connectivity index (χ3n) is 3.83. The summed E-state index contributed by atoms with van der Waals surface area (Å²) in [4.78, 5) is 12.5. The Hall–Kier alpha value is -1.04. The molecular formula is C19H32N2O2S. The predicted octanol–water partition coefficient (Wildman–Crippen LogP) is 4.07. The van der Waals surface area contributed by atoms with Crippen molar-refractivity contribution in [2.24, 2.45) is 5.92 Å². The molecule has 0 spiro atoms. The summed E-state index contributed by atoms with van der Waals surface area (Å²) in [6.07, 6.45) is 3.67. The molecule has 0 amide bonds. The zero-order valence-corrected chi connectivity index (χ0v) is 16.4. The monoisotopic (exact) mass is 352 g/mol. The summed E-state index contributed by atoms with van der Waals surface area (Å²) >= 11 is -1.42. The minimum Gasteiger partial charge on any atom is -0.299 e. The zero-order valence-electron chi connectivity index (χ0n) is 15.6. The molecule has 136 valence electrons. The molecule has 0 heterocycles. The molecular weight excluding hydrogens is 320 g/mol. The highest BCUT2D eigenvalue weighted by molar-refractivity contribution is 7.81. The maximum atomic E-state index is 12.5. The first-order valence-corrected chi connectivity index (χ1v) is 9.93. The summed E-state index contributed by atoms with van der Waals surface area (Å²) in [5, 5.41) is 0. The fourth-order valence-corrected chi connectivity index (χ4v) is 3.69. The maximum absolute atomic E-state index is 12.5. The van der Waals surface area contributed by atoms with E-state index in [0.29, 0.717) is 6.42 Å². The summed E-state index contributed by atoms with van der Waals surface area (Å²) in [7, 11) is 0. The second kappa shape index (κ2) is 10.1. The van der Waals surface area contributed by atoms with E-state index in [4.69, 9.17) is 0 Å². The van der Waals surface area contributed by atoms with Gasteiger partial charge in [-0.2, -0.15) is 0 Å². The van der Waals surface area contributed by atoms with Crippen LogP contribution in [0.25, 0.3) is 0 Å². The van der Waals surface area contributed by atoms with E-state index in [1.807, 2.05) is 58.0 Å². The Labute approximate surface area is 149 Å². The molecule has 0 saturated carbocycles. The Bertz CT molecular complexity index is 526. The first kappa shape index (κ1) is 21.0. The lowest BCUT2D eigenvalue weighted by Gasteiger charge is -2.27. The Morgan fingerprint density at radius 3 is 2.33 bits per heavy atom. The summed E-state index contributed by atoms with van der Waals surface area (Å²) in [5.74, 6) is -0.00691. The molecule has 1 rings (SSSR count). The van der Waals surface area contributed by atoms with Crippen LogP contribution in [0, 0.1) is 5.92 Å². The average molecular weight is 353 g/mol. The molecule has 0 aliphatic heterocycles. The third-order valence-corrected chi connectivity index (χ3v) is 5.09. The van der Waals surface area contributed by atoms with Gasteiger partial charge in [0.2, 0.25) is 0 Å². The van der Waals surface area contributed by atoms with Crippen molar-refractivity contribution in [3.63, 3.8) is 0 Å². The first-order chi connectivity index (χ1) is 11.2. The zero-order chi connectivity index (χ0) is 18.2. The molecule has 0 radical (unpaired) electrons. The van der Waals surface area contributed by atoms with Crippen LogP contribution < -0.4 is 9.44 Å². The molecule has 0 bridgehead atoms. The van der Waals surface area contributed by atoms with Crippen LogP contribution in [-0.4, -0.2) is 15.5 Å². The fourth-order valence-electron chi connectivity index (χ4n) is 2.50. The number of ketones is 1. The molecule has 0 saturated heterocycles. The second-order valence-electron chi connectivity index (χ2n) is 7.34. The number of hydrogen-bond donors (Lipinski definition) is 2. The minimum atomic E-state index is -1.42. The van der Waals surface area contributed by atoms with Crippen molar-refractivity contribution in [2.45, 2.75) is 71.9 Å². The van der Waals surface area contributed by atoms with Crippen LogP contribution in [0.4, 0.5) is 0 Å². The van der Waals surface area contributed by atoms with Crippen molar-refractivity contribution < 1.29 is 9.00 Å². The van der Waals surface area contributed by atoms with E-state index >= 15 is 0 Å².